The Morgan fingerprint density at radius 2 is 1.78 bits per heavy atom. The number of rotatable bonds is 4. The van der Waals surface area contributed by atoms with E-state index in [-0.39, 0.29) is 0 Å². The van der Waals surface area contributed by atoms with Crippen molar-refractivity contribution in [3.8, 4) is 0 Å². The number of urea groups is 1. The molecule has 0 spiro atoms. The standard InChI is InChI=1S/C11H13N3O4/c1-6(10(16)17)13-11(18)14-8-4-2-7(3-5-8)9(12)15/h2-6H,1H3,(H2,12,15)(H,16,17)(H2,13,14,18)/t6-/m0/s1. The zero-order valence-electron chi connectivity index (χ0n) is 9.64. The van der Waals surface area contributed by atoms with Crippen LogP contribution >= 0.6 is 0 Å². The van der Waals surface area contributed by atoms with Gasteiger partial charge in [-0.15, -0.1) is 0 Å². The Bertz CT molecular complexity index is 470. The second-order valence-corrected chi connectivity index (χ2v) is 3.60. The van der Waals surface area contributed by atoms with Crippen molar-refractivity contribution in [2.45, 2.75) is 13.0 Å². The van der Waals surface area contributed by atoms with Crippen molar-refractivity contribution < 1.29 is 19.5 Å². The zero-order chi connectivity index (χ0) is 13.7. The van der Waals surface area contributed by atoms with Crippen molar-refractivity contribution in [1.82, 2.24) is 5.32 Å². The van der Waals surface area contributed by atoms with Gasteiger partial charge in [0.25, 0.3) is 0 Å². The third-order valence-corrected chi connectivity index (χ3v) is 2.15. The zero-order valence-corrected chi connectivity index (χ0v) is 9.64. The first-order valence-electron chi connectivity index (χ1n) is 5.10. The number of amides is 3. The van der Waals surface area contributed by atoms with Crippen molar-refractivity contribution in [3.63, 3.8) is 0 Å². The highest BCUT2D eigenvalue weighted by Gasteiger charge is 2.13. The smallest absolute Gasteiger partial charge is 0.325 e. The van der Waals surface area contributed by atoms with Crippen molar-refractivity contribution in [1.29, 1.82) is 0 Å². The number of hydrogen-bond acceptors (Lipinski definition) is 3. The molecule has 0 saturated carbocycles. The van der Waals surface area contributed by atoms with Crippen molar-refractivity contribution >= 4 is 23.6 Å². The van der Waals surface area contributed by atoms with E-state index in [4.69, 9.17) is 10.8 Å². The fourth-order valence-electron chi connectivity index (χ4n) is 1.14. The lowest BCUT2D eigenvalue weighted by molar-refractivity contribution is -0.138. The monoisotopic (exact) mass is 251 g/mol. The predicted molar refractivity (Wildman–Crippen MR) is 64.2 cm³/mol. The molecule has 0 aliphatic heterocycles. The summed E-state index contributed by atoms with van der Waals surface area (Å²) in [5, 5.41) is 13.3. The van der Waals surface area contributed by atoms with Crippen LogP contribution in [0.2, 0.25) is 0 Å². The third-order valence-electron chi connectivity index (χ3n) is 2.15. The van der Waals surface area contributed by atoms with E-state index < -0.39 is 23.9 Å². The molecule has 1 aromatic rings. The average Bonchev–Trinajstić information content (AvgIpc) is 2.29. The highest BCUT2D eigenvalue weighted by atomic mass is 16.4. The quantitative estimate of drug-likeness (QED) is 0.617. The van der Waals surface area contributed by atoms with Gasteiger partial charge in [-0.1, -0.05) is 0 Å². The van der Waals surface area contributed by atoms with E-state index in [2.05, 4.69) is 10.6 Å². The summed E-state index contributed by atoms with van der Waals surface area (Å²) in [6.07, 6.45) is 0. The second kappa shape index (κ2) is 5.67. The van der Waals surface area contributed by atoms with Gasteiger partial charge in [-0.25, -0.2) is 4.79 Å². The van der Waals surface area contributed by atoms with Crippen LogP contribution in [0.15, 0.2) is 24.3 Å². The first-order valence-corrected chi connectivity index (χ1v) is 5.10. The summed E-state index contributed by atoms with van der Waals surface area (Å²) >= 11 is 0. The molecule has 0 saturated heterocycles. The Kier molecular flexibility index (Phi) is 4.25. The molecule has 0 aromatic heterocycles. The predicted octanol–water partition coefficient (Wildman–Crippen LogP) is 0.380. The summed E-state index contributed by atoms with van der Waals surface area (Å²) in [6, 6.07) is 4.26. The molecule has 7 heteroatoms. The van der Waals surface area contributed by atoms with Gasteiger partial charge in [0.2, 0.25) is 5.91 Å². The number of aliphatic carboxylic acids is 1. The van der Waals surface area contributed by atoms with E-state index in [9.17, 15) is 14.4 Å². The number of anilines is 1. The molecule has 18 heavy (non-hydrogen) atoms. The highest BCUT2D eigenvalue weighted by Crippen LogP contribution is 2.08. The molecular weight excluding hydrogens is 238 g/mol. The number of primary amides is 1. The lowest BCUT2D eigenvalue weighted by Gasteiger charge is -2.10. The van der Waals surface area contributed by atoms with E-state index in [1.54, 1.807) is 0 Å². The number of nitrogens with one attached hydrogen (secondary N) is 2. The van der Waals surface area contributed by atoms with Crippen LogP contribution in [-0.4, -0.2) is 29.1 Å². The summed E-state index contributed by atoms with van der Waals surface area (Å²) in [5.74, 6) is -1.69. The topological polar surface area (TPSA) is 122 Å². The molecule has 0 bridgehead atoms. The van der Waals surface area contributed by atoms with Crippen LogP contribution in [0.3, 0.4) is 0 Å². The number of nitrogens with two attached hydrogens (primary N) is 1. The Labute approximate surface area is 103 Å². The molecule has 0 heterocycles. The third kappa shape index (κ3) is 3.78. The van der Waals surface area contributed by atoms with E-state index in [0.717, 1.165) is 0 Å². The van der Waals surface area contributed by atoms with Gasteiger partial charge >= 0.3 is 12.0 Å². The van der Waals surface area contributed by atoms with Crippen molar-refractivity contribution in [2.75, 3.05) is 5.32 Å². The van der Waals surface area contributed by atoms with E-state index in [0.29, 0.717) is 11.3 Å². The number of hydrogen-bond donors (Lipinski definition) is 4. The maximum Gasteiger partial charge on any atom is 0.325 e. The van der Waals surface area contributed by atoms with Crippen LogP contribution in [0.5, 0.6) is 0 Å². The van der Waals surface area contributed by atoms with Crippen LogP contribution < -0.4 is 16.4 Å². The molecule has 0 aliphatic carbocycles. The summed E-state index contributed by atoms with van der Waals surface area (Å²) in [6.45, 7) is 1.35. The minimum atomic E-state index is -1.13. The Morgan fingerprint density at radius 1 is 1.22 bits per heavy atom. The summed E-state index contributed by atoms with van der Waals surface area (Å²) in [4.78, 5) is 32.7. The number of carboxylic acids is 1. The van der Waals surface area contributed by atoms with Crippen LogP contribution in [0.25, 0.3) is 0 Å². The van der Waals surface area contributed by atoms with Gasteiger partial charge < -0.3 is 21.5 Å². The Hall–Kier alpha value is -2.57. The number of carbonyl (C=O) groups is 3. The fraction of sp³-hybridized carbons (Fsp3) is 0.182. The van der Waals surface area contributed by atoms with E-state index in [1.807, 2.05) is 0 Å². The minimum absolute atomic E-state index is 0.319. The lowest BCUT2D eigenvalue weighted by atomic mass is 10.2. The number of benzene rings is 1. The van der Waals surface area contributed by atoms with Gasteiger partial charge in [-0.2, -0.15) is 0 Å². The minimum Gasteiger partial charge on any atom is -0.480 e. The first kappa shape index (κ1) is 13.5. The van der Waals surface area contributed by atoms with Crippen molar-refractivity contribution in [3.05, 3.63) is 29.8 Å². The molecule has 0 aliphatic rings. The summed E-state index contributed by atoms with van der Waals surface area (Å²) in [5.41, 5.74) is 5.81. The molecule has 5 N–H and O–H groups in total. The van der Waals surface area contributed by atoms with Crippen LogP contribution in [-0.2, 0) is 4.79 Å². The average molecular weight is 251 g/mol. The Balaban J connectivity index is 2.60. The summed E-state index contributed by atoms with van der Waals surface area (Å²) in [7, 11) is 0. The number of carbonyl (C=O) groups excluding carboxylic acids is 2. The molecule has 0 radical (unpaired) electrons. The van der Waals surface area contributed by atoms with Gasteiger partial charge in [0, 0.05) is 11.3 Å². The largest absolute Gasteiger partial charge is 0.480 e. The van der Waals surface area contributed by atoms with Gasteiger partial charge in [-0.05, 0) is 31.2 Å². The van der Waals surface area contributed by atoms with Gasteiger partial charge in [0.15, 0.2) is 0 Å². The molecule has 96 valence electrons. The van der Waals surface area contributed by atoms with E-state index in [1.165, 1.54) is 31.2 Å². The highest BCUT2D eigenvalue weighted by molar-refractivity contribution is 5.95. The molecule has 0 unspecified atom stereocenters. The molecule has 3 amide bonds. The number of carboxylic acid groups (broad SMARTS) is 1. The van der Waals surface area contributed by atoms with Crippen molar-refractivity contribution in [2.24, 2.45) is 5.73 Å². The normalized spacial score (nSPS) is 11.4. The second-order valence-electron chi connectivity index (χ2n) is 3.60. The van der Waals surface area contributed by atoms with Crippen LogP contribution in [0, 0.1) is 0 Å². The molecule has 1 rings (SSSR count). The fourth-order valence-corrected chi connectivity index (χ4v) is 1.14. The van der Waals surface area contributed by atoms with E-state index >= 15 is 0 Å². The maximum absolute atomic E-state index is 11.4. The molecule has 7 nitrogen and oxygen atoms in total. The molecule has 0 fully saturated rings. The molecule has 1 atom stereocenters. The van der Waals surface area contributed by atoms with Gasteiger partial charge in [0.05, 0.1) is 0 Å². The van der Waals surface area contributed by atoms with Gasteiger partial charge in [-0.3, -0.25) is 9.59 Å². The lowest BCUT2D eigenvalue weighted by Crippen LogP contribution is -2.40. The Morgan fingerprint density at radius 3 is 2.22 bits per heavy atom. The molecule has 1 aromatic carbocycles. The SMILES string of the molecule is C[C@H](NC(=O)Nc1ccc(C(N)=O)cc1)C(=O)O. The van der Waals surface area contributed by atoms with Crippen LogP contribution in [0.4, 0.5) is 10.5 Å². The maximum atomic E-state index is 11.4. The first-order chi connectivity index (χ1) is 8.40. The van der Waals surface area contributed by atoms with Gasteiger partial charge in [0.1, 0.15) is 6.04 Å². The van der Waals surface area contributed by atoms with Crippen LogP contribution in [0.1, 0.15) is 17.3 Å². The summed E-state index contributed by atoms with van der Waals surface area (Å²) < 4.78 is 0. The molecular formula is C11H13N3O4.